The monoisotopic (exact) mass is 410 g/mol. The van der Waals surface area contributed by atoms with E-state index in [1.54, 1.807) is 11.8 Å². The van der Waals surface area contributed by atoms with Gasteiger partial charge in [0, 0.05) is 36.3 Å². The number of ketones is 1. The van der Waals surface area contributed by atoms with Crippen LogP contribution in [0.5, 0.6) is 5.88 Å². The van der Waals surface area contributed by atoms with Crippen molar-refractivity contribution in [1.82, 2.24) is 9.88 Å². The second kappa shape index (κ2) is 9.28. The molecule has 6 heteroatoms. The lowest BCUT2D eigenvalue weighted by atomic mass is 9.93. The van der Waals surface area contributed by atoms with Crippen molar-refractivity contribution in [1.29, 1.82) is 0 Å². The second-order valence-corrected chi connectivity index (χ2v) is 8.68. The maximum atomic E-state index is 12.2. The Morgan fingerprint density at radius 2 is 1.73 bits per heavy atom. The molecule has 1 saturated heterocycles. The summed E-state index contributed by atoms with van der Waals surface area (Å²) in [6.45, 7) is 8.91. The van der Waals surface area contributed by atoms with Gasteiger partial charge in [0.25, 0.3) is 0 Å². The van der Waals surface area contributed by atoms with E-state index in [2.05, 4.69) is 4.98 Å². The number of ether oxygens (including phenoxy) is 2. The SMILES string of the molecule is CC(=O)c1ccc(COc2cccc(C3CCN(C(=O)OC(C)(C)C)CC3)n2)cc1. The fraction of sp³-hybridized carbons (Fsp3) is 0.458. The molecule has 0 aliphatic carbocycles. The van der Waals surface area contributed by atoms with Crippen molar-refractivity contribution in [2.75, 3.05) is 13.1 Å². The Kier molecular flexibility index (Phi) is 6.75. The molecule has 6 nitrogen and oxygen atoms in total. The van der Waals surface area contributed by atoms with Gasteiger partial charge in [-0.3, -0.25) is 4.79 Å². The van der Waals surface area contributed by atoms with E-state index in [-0.39, 0.29) is 11.9 Å². The highest BCUT2D eigenvalue weighted by molar-refractivity contribution is 5.93. The molecule has 1 aliphatic rings. The van der Waals surface area contributed by atoms with Crippen molar-refractivity contribution in [3.63, 3.8) is 0 Å². The van der Waals surface area contributed by atoms with Crippen LogP contribution < -0.4 is 4.74 Å². The Bertz CT molecular complexity index is 879. The molecule has 1 aromatic carbocycles. The van der Waals surface area contributed by atoms with Gasteiger partial charge in [-0.05, 0) is 52.2 Å². The smallest absolute Gasteiger partial charge is 0.410 e. The van der Waals surface area contributed by atoms with Gasteiger partial charge in [-0.25, -0.2) is 9.78 Å². The Morgan fingerprint density at radius 1 is 1.07 bits per heavy atom. The summed E-state index contributed by atoms with van der Waals surface area (Å²) < 4.78 is 11.3. The van der Waals surface area contributed by atoms with Gasteiger partial charge in [0.2, 0.25) is 5.88 Å². The normalized spacial score (nSPS) is 15.0. The van der Waals surface area contributed by atoms with Gasteiger partial charge in [-0.2, -0.15) is 0 Å². The molecule has 0 spiro atoms. The summed E-state index contributed by atoms with van der Waals surface area (Å²) in [7, 11) is 0. The number of Topliss-reactive ketones (excluding diaryl/α,β-unsaturated/α-hetero) is 1. The number of nitrogens with zero attached hydrogens (tertiary/aromatic N) is 2. The van der Waals surface area contributed by atoms with Crippen LogP contribution >= 0.6 is 0 Å². The highest BCUT2D eigenvalue weighted by Crippen LogP contribution is 2.28. The van der Waals surface area contributed by atoms with E-state index in [1.807, 2.05) is 63.2 Å². The van der Waals surface area contributed by atoms with Crippen molar-refractivity contribution < 1.29 is 19.1 Å². The van der Waals surface area contributed by atoms with Crippen LogP contribution in [0.15, 0.2) is 42.5 Å². The minimum Gasteiger partial charge on any atom is -0.473 e. The summed E-state index contributed by atoms with van der Waals surface area (Å²) in [5.41, 5.74) is 2.19. The van der Waals surface area contributed by atoms with Gasteiger partial charge >= 0.3 is 6.09 Å². The number of benzene rings is 1. The summed E-state index contributed by atoms with van der Waals surface area (Å²) >= 11 is 0. The standard InChI is InChI=1S/C24H30N2O4/c1-17(27)19-10-8-18(9-11-19)16-29-22-7-5-6-21(25-22)20-12-14-26(15-13-20)23(28)30-24(2,3)4/h5-11,20H,12-16H2,1-4H3. The molecule has 30 heavy (non-hydrogen) atoms. The van der Waals surface area contributed by atoms with E-state index in [4.69, 9.17) is 9.47 Å². The van der Waals surface area contributed by atoms with E-state index in [9.17, 15) is 9.59 Å². The minimum absolute atomic E-state index is 0.0505. The number of amides is 1. The molecule has 1 fully saturated rings. The fourth-order valence-electron chi connectivity index (χ4n) is 3.42. The van der Waals surface area contributed by atoms with E-state index in [0.29, 0.717) is 37.1 Å². The number of carbonyl (C=O) groups is 2. The molecule has 2 heterocycles. The van der Waals surface area contributed by atoms with Gasteiger partial charge < -0.3 is 14.4 Å². The first-order valence-corrected chi connectivity index (χ1v) is 10.4. The predicted octanol–water partition coefficient (Wildman–Crippen LogP) is 4.98. The molecule has 0 atom stereocenters. The number of hydrogen-bond acceptors (Lipinski definition) is 5. The van der Waals surface area contributed by atoms with Gasteiger partial charge in [-0.15, -0.1) is 0 Å². The second-order valence-electron chi connectivity index (χ2n) is 8.68. The van der Waals surface area contributed by atoms with Gasteiger partial charge in [0.05, 0.1) is 0 Å². The Morgan fingerprint density at radius 3 is 2.33 bits per heavy atom. The zero-order valence-corrected chi connectivity index (χ0v) is 18.2. The number of likely N-dealkylation sites (tertiary alicyclic amines) is 1. The minimum atomic E-state index is -0.479. The van der Waals surface area contributed by atoms with E-state index in [0.717, 1.165) is 24.1 Å². The molecule has 0 saturated carbocycles. The van der Waals surface area contributed by atoms with Crippen LogP contribution in [0, 0.1) is 0 Å². The summed E-state index contributed by atoms with van der Waals surface area (Å²) in [5.74, 6) is 0.925. The molecule has 0 unspecified atom stereocenters. The van der Waals surface area contributed by atoms with E-state index in [1.165, 1.54) is 0 Å². The summed E-state index contributed by atoms with van der Waals surface area (Å²) in [5, 5.41) is 0. The van der Waals surface area contributed by atoms with Crippen LogP contribution in [0.25, 0.3) is 0 Å². The molecule has 3 rings (SSSR count). The first-order chi connectivity index (χ1) is 14.2. The highest BCUT2D eigenvalue weighted by atomic mass is 16.6. The Labute approximate surface area is 178 Å². The first-order valence-electron chi connectivity index (χ1n) is 10.4. The molecule has 1 aromatic heterocycles. The van der Waals surface area contributed by atoms with Gasteiger partial charge in [0.15, 0.2) is 5.78 Å². The highest BCUT2D eigenvalue weighted by Gasteiger charge is 2.28. The van der Waals surface area contributed by atoms with Crippen LogP contribution in [0.1, 0.15) is 68.1 Å². The lowest BCUT2D eigenvalue weighted by Crippen LogP contribution is -2.41. The zero-order chi connectivity index (χ0) is 21.7. The summed E-state index contributed by atoms with van der Waals surface area (Å²) in [6.07, 6.45) is 1.45. The average molecular weight is 411 g/mol. The molecule has 0 bridgehead atoms. The Hall–Kier alpha value is -2.89. The van der Waals surface area contributed by atoms with Crippen LogP contribution in [-0.2, 0) is 11.3 Å². The number of aromatic nitrogens is 1. The van der Waals surface area contributed by atoms with Crippen LogP contribution in [0.3, 0.4) is 0 Å². The van der Waals surface area contributed by atoms with Gasteiger partial charge in [0.1, 0.15) is 12.2 Å². The maximum absolute atomic E-state index is 12.2. The predicted molar refractivity (Wildman–Crippen MR) is 115 cm³/mol. The number of hydrogen-bond donors (Lipinski definition) is 0. The Balaban J connectivity index is 1.54. The number of carbonyl (C=O) groups excluding carboxylic acids is 2. The maximum Gasteiger partial charge on any atom is 0.410 e. The molecular formula is C24H30N2O4. The van der Waals surface area contributed by atoms with Crippen molar-refractivity contribution in [2.24, 2.45) is 0 Å². The molecule has 1 amide bonds. The molecule has 160 valence electrons. The largest absolute Gasteiger partial charge is 0.473 e. The van der Waals surface area contributed by atoms with E-state index < -0.39 is 5.60 Å². The number of rotatable bonds is 5. The summed E-state index contributed by atoms with van der Waals surface area (Å²) in [4.78, 5) is 30.1. The molecule has 2 aromatic rings. The van der Waals surface area contributed by atoms with Crippen molar-refractivity contribution >= 4 is 11.9 Å². The van der Waals surface area contributed by atoms with Crippen molar-refractivity contribution in [2.45, 2.75) is 58.7 Å². The quantitative estimate of drug-likeness (QED) is 0.651. The molecular weight excluding hydrogens is 380 g/mol. The third kappa shape index (κ3) is 6.05. The number of pyridine rings is 1. The van der Waals surface area contributed by atoms with E-state index >= 15 is 0 Å². The third-order valence-electron chi connectivity index (χ3n) is 5.06. The van der Waals surface area contributed by atoms with Crippen LogP contribution in [0.4, 0.5) is 4.79 Å². The number of piperidine rings is 1. The van der Waals surface area contributed by atoms with Crippen molar-refractivity contribution in [3.8, 4) is 5.88 Å². The average Bonchev–Trinajstić information content (AvgIpc) is 2.71. The lowest BCUT2D eigenvalue weighted by molar-refractivity contribution is 0.0203. The lowest BCUT2D eigenvalue weighted by Gasteiger charge is -2.33. The molecule has 1 aliphatic heterocycles. The first kappa shape index (κ1) is 21.8. The van der Waals surface area contributed by atoms with Crippen LogP contribution in [0.2, 0.25) is 0 Å². The topological polar surface area (TPSA) is 68.7 Å². The van der Waals surface area contributed by atoms with Crippen molar-refractivity contribution in [3.05, 3.63) is 59.3 Å². The third-order valence-corrected chi connectivity index (χ3v) is 5.06. The zero-order valence-electron chi connectivity index (χ0n) is 18.2. The molecule has 0 N–H and O–H groups in total. The van der Waals surface area contributed by atoms with Gasteiger partial charge in [-0.1, -0.05) is 30.3 Å². The summed E-state index contributed by atoms with van der Waals surface area (Å²) in [6, 6.07) is 13.2. The fourth-order valence-corrected chi connectivity index (χ4v) is 3.42. The van der Waals surface area contributed by atoms with Crippen LogP contribution in [-0.4, -0.2) is 40.5 Å². The molecule has 0 radical (unpaired) electrons.